The average molecular weight is 1680 g/mol. The number of rotatable bonds is 18. The molecule has 0 spiro atoms. The summed E-state index contributed by atoms with van der Waals surface area (Å²) in [7, 11) is -1.00. The molecule has 0 fully saturated rings. The van der Waals surface area contributed by atoms with Crippen molar-refractivity contribution in [2.75, 3.05) is 60.0 Å². The number of halogens is 7. The number of carboxylic acid groups (broad SMARTS) is 1. The number of aromatic nitrogens is 8. The van der Waals surface area contributed by atoms with E-state index >= 15 is 0 Å². The number of hydrogen-bond donors (Lipinski definition) is 7. The van der Waals surface area contributed by atoms with Crippen LogP contribution in [0.15, 0.2) is 139 Å². The van der Waals surface area contributed by atoms with Crippen molar-refractivity contribution in [3.8, 4) is 0 Å². The van der Waals surface area contributed by atoms with Gasteiger partial charge in [-0.25, -0.2) is 27.6 Å². The number of nitrogens with two attached hydrogens (primary N) is 1. The molecule has 4 aromatic carbocycles. The zero-order valence-electron chi connectivity index (χ0n) is 65.1. The van der Waals surface area contributed by atoms with Crippen LogP contribution < -0.4 is 11.1 Å². The van der Waals surface area contributed by atoms with Crippen molar-refractivity contribution >= 4 is 81.7 Å². The predicted octanol–water partition coefficient (Wildman–Crippen LogP) is 13.8. The van der Waals surface area contributed by atoms with Crippen LogP contribution in [0.1, 0.15) is 198 Å². The third-order valence-corrected chi connectivity index (χ3v) is 17.8. The Labute approximate surface area is 683 Å². The number of aliphatic hydroxyl groups excluding tert-OH is 2. The maximum absolute atomic E-state index is 13.6. The van der Waals surface area contributed by atoms with Crippen molar-refractivity contribution in [2.45, 2.75) is 126 Å². The first kappa shape index (κ1) is 95.3. The molecule has 4 atom stereocenters. The van der Waals surface area contributed by atoms with Gasteiger partial charge >= 0.3 is 17.9 Å². The molecule has 0 bridgehead atoms. The van der Waals surface area contributed by atoms with Crippen LogP contribution in [0.3, 0.4) is 0 Å². The fourth-order valence-corrected chi connectivity index (χ4v) is 12.9. The number of amides is 2. The third-order valence-electron chi connectivity index (χ3n) is 17.6. The van der Waals surface area contributed by atoms with Crippen LogP contribution in [-0.2, 0) is 53.5 Å². The lowest BCUT2D eigenvalue weighted by atomic mass is 9.95. The van der Waals surface area contributed by atoms with Crippen LogP contribution in [0.25, 0.3) is 0 Å². The zero-order chi connectivity index (χ0) is 85.8. The highest BCUT2D eigenvalue weighted by atomic mass is 35.5. The molecule has 3 aliphatic heterocycles. The number of nitro groups is 3. The van der Waals surface area contributed by atoms with Crippen molar-refractivity contribution in [3.05, 3.63) is 272 Å². The van der Waals surface area contributed by atoms with Crippen LogP contribution in [-0.4, -0.2) is 168 Å². The normalized spacial score (nSPS) is 14.6. The van der Waals surface area contributed by atoms with Crippen LogP contribution in [0.2, 0.25) is 0 Å². The van der Waals surface area contributed by atoms with E-state index in [2.05, 4.69) is 30.6 Å². The molecule has 3 unspecified atom stereocenters. The second kappa shape index (κ2) is 46.9. The van der Waals surface area contributed by atoms with E-state index in [1.807, 2.05) is 45.1 Å². The lowest BCUT2D eigenvalue weighted by Gasteiger charge is -2.31. The topological polar surface area (TPSA) is 441 Å². The molecule has 8 N–H and O–H groups in total. The number of nitrogens with zero attached hydrogens (tertiary/aromatic N) is 11. The summed E-state index contributed by atoms with van der Waals surface area (Å²) >= 11 is 5.14. The number of aliphatic hydroxyl groups is 2. The number of nitrogens with one attached hydrogen (secondary N) is 3. The number of allylic oxidation sites excluding steroid dienone is 4. The number of H-pyrrole nitrogens is 2. The van der Waals surface area contributed by atoms with Crippen LogP contribution in [0, 0.1) is 47.8 Å². The second-order valence-electron chi connectivity index (χ2n) is 25.3. The standard InChI is InChI=1S/C22H22FN5O5.C20H18FN5O5.C17H19FN4O4.C8H11NO.C6H5ClO.2CH3F.CH4O.2CH4.ClH/c1-3-33-22(30)19-16-12-26(21(29)17-5-4-8-24-17)10-13(2)20(16)27(25-19)11-14-6-7-15(23)9-18(14)28(31)32;1-11-8-24(19(27)15-3-2-6-22-15)10-14-17(20(28)29)23-25(18(11)14)9-12-4-5-13(21)7-16(12)26(30)31;1-3-26-17(23)15-13-8-19-7-10(2)16(13)21(20-15)9-11-4-5-12(18)6-14(11)22(24)25;1-6(10)7-3-2-4-8(9)5-7;7-6(8)5-3-1-2-4-5;3*1-2;;;/h4-9,13,24H,3,10-12H2,1-2H3;2-7,11,22H,8-10H2,1H3,(H,28,29);4-6,10,19H,3,7-9H2,1-2H3;2-6,10H,9H2,1H3;1-3H,4H2;2*1H3;2H,1H3;2*1H4;1H/t;;;6-;;;;;;;/m...0......./s1/i;;;;;2*1D;;;;. The van der Waals surface area contributed by atoms with Crippen molar-refractivity contribution in [3.63, 3.8) is 0 Å². The molecule has 5 aromatic heterocycles. The minimum Gasteiger partial charge on any atom is -0.476 e. The van der Waals surface area contributed by atoms with Crippen LogP contribution in [0.5, 0.6) is 0 Å². The lowest BCUT2D eigenvalue weighted by Crippen LogP contribution is -2.38. The zero-order valence-corrected chi connectivity index (χ0v) is 64.7. The number of nitrogen functional groups attached to an aromatic ring is 1. The first-order valence-corrected chi connectivity index (χ1v) is 35.1. The SMILES string of the molecule is C.C.CC1CN(C(=O)c2ccc[nH]2)Cc2c(C(=O)O)nn(Cc3ccc(F)cc3[N+](=O)[O-])c21.CCOC(=O)c1nn(Cc2ccc(F)cc2[N+](=O)[O-])c2c1CN(C(=O)c1ccc[nH]1)CC2C.CCOC(=O)c1nn(Cc2ccc(F)cc2[N+](=O)[O-])c2c1CNCC2C.CO.C[C@H](O)c1cccc(N)c1.Cl.O=C(Cl)C1=CC=CC1.[2H]CF.[2H]CF. The van der Waals surface area contributed by atoms with Gasteiger partial charge < -0.3 is 55.6 Å². The molecule has 117 heavy (non-hydrogen) atoms. The number of ether oxygens (including phenoxy) is 2. The quantitative estimate of drug-likeness (QED) is 0.0105. The number of fused-ring (bicyclic) bond motifs is 3. The first-order valence-electron chi connectivity index (χ1n) is 36.2. The van der Waals surface area contributed by atoms with E-state index in [1.54, 1.807) is 85.2 Å². The molecule has 9 aromatic rings. The molecule has 13 rings (SSSR count). The summed E-state index contributed by atoms with van der Waals surface area (Å²) in [6, 6.07) is 24.0. The molecule has 39 heteroatoms. The van der Waals surface area contributed by atoms with Crippen molar-refractivity contribution in [1.82, 2.24) is 54.4 Å². The predicted molar refractivity (Wildman–Crippen MR) is 427 cm³/mol. The molecule has 8 heterocycles. The highest BCUT2D eigenvalue weighted by molar-refractivity contribution is 6.67. The van der Waals surface area contributed by atoms with E-state index in [4.69, 9.17) is 39.8 Å². The maximum Gasteiger partial charge on any atom is 0.359 e. The van der Waals surface area contributed by atoms with Gasteiger partial charge in [0.05, 0.1) is 119 Å². The van der Waals surface area contributed by atoms with Gasteiger partial charge in [0.2, 0.25) is 5.24 Å². The minimum atomic E-state index is -1.26. The second-order valence-corrected chi connectivity index (χ2v) is 25.6. The summed E-state index contributed by atoms with van der Waals surface area (Å²) in [5.74, 6) is -5.45. The number of esters is 2. The van der Waals surface area contributed by atoms with Gasteiger partial charge in [0, 0.05) is 108 Å². The van der Waals surface area contributed by atoms with Gasteiger partial charge in [-0.3, -0.25) is 67.6 Å². The molecule has 0 saturated heterocycles. The smallest absolute Gasteiger partial charge is 0.359 e. The summed E-state index contributed by atoms with van der Waals surface area (Å²) in [5, 5.41) is 75.6. The van der Waals surface area contributed by atoms with E-state index in [0.717, 1.165) is 54.3 Å². The Morgan fingerprint density at radius 3 is 1.35 bits per heavy atom. The van der Waals surface area contributed by atoms with E-state index in [1.165, 1.54) is 38.5 Å². The fraction of sp³-hybridized carbons (Fsp3) is 0.346. The highest BCUT2D eigenvalue weighted by Gasteiger charge is 2.38. The molecule has 2 amide bonds. The molecule has 1 aliphatic carbocycles. The van der Waals surface area contributed by atoms with Gasteiger partial charge in [-0.2, -0.15) is 15.3 Å². The van der Waals surface area contributed by atoms with Gasteiger partial charge in [0.15, 0.2) is 17.1 Å². The minimum absolute atomic E-state index is 0. The van der Waals surface area contributed by atoms with Crippen molar-refractivity contribution < 1.29 is 93.0 Å². The largest absolute Gasteiger partial charge is 0.476 e. The Kier molecular flexibility index (Phi) is 38.2. The summed E-state index contributed by atoms with van der Waals surface area (Å²) in [6.07, 6.45) is 9.01. The monoisotopic (exact) mass is 1680 g/mol. The highest BCUT2D eigenvalue weighted by Crippen LogP contribution is 2.36. The van der Waals surface area contributed by atoms with E-state index in [-0.39, 0.29) is 148 Å². The maximum atomic E-state index is 13.6. The van der Waals surface area contributed by atoms with E-state index < -0.39 is 76.2 Å². The summed E-state index contributed by atoms with van der Waals surface area (Å²) < 4.78 is 86.2. The number of carbonyl (C=O) groups is 6. The molecule has 32 nitrogen and oxygen atoms in total. The molecule has 632 valence electrons. The Bertz CT molecular complexity index is 5010. The Balaban J connectivity index is 0.000000397. The molecule has 4 aliphatic rings. The Morgan fingerprint density at radius 1 is 0.632 bits per heavy atom. The fourth-order valence-electron chi connectivity index (χ4n) is 12.8. The van der Waals surface area contributed by atoms with Gasteiger partial charge in [-0.15, -0.1) is 12.4 Å². The van der Waals surface area contributed by atoms with Gasteiger partial charge in [0.25, 0.3) is 28.9 Å². The third kappa shape index (κ3) is 25.3. The Hall–Kier alpha value is -12.3. The average Bonchev–Trinajstić information content (AvgIpc) is 1.63. The van der Waals surface area contributed by atoms with Crippen molar-refractivity contribution in [1.29, 1.82) is 0 Å². The molecule has 0 saturated carbocycles. The summed E-state index contributed by atoms with van der Waals surface area (Å²) in [6.45, 7) is 13.2. The van der Waals surface area contributed by atoms with Crippen LogP contribution >= 0.6 is 24.0 Å². The molecular formula is C78H94Cl2F5N15O17. The Morgan fingerprint density at radius 2 is 1.03 bits per heavy atom. The number of carbonyl (C=O) groups excluding carboxylic acids is 5. The number of hydrogen-bond acceptors (Lipinski definition) is 21. The summed E-state index contributed by atoms with van der Waals surface area (Å²) in [4.78, 5) is 114. The van der Waals surface area contributed by atoms with Gasteiger partial charge in [0.1, 0.15) is 28.8 Å². The number of benzene rings is 4. The van der Waals surface area contributed by atoms with Gasteiger partial charge in [-0.1, -0.05) is 66.0 Å². The van der Waals surface area contributed by atoms with E-state index in [0.29, 0.717) is 83.3 Å². The number of aromatic amines is 2. The number of anilines is 1. The number of aromatic carboxylic acids is 1. The first-order chi connectivity index (χ1) is 55.3. The number of carboxylic acids is 1. The van der Waals surface area contributed by atoms with Gasteiger partial charge in [-0.05, 0) is 117 Å². The van der Waals surface area contributed by atoms with Crippen molar-refractivity contribution in [2.24, 2.45) is 0 Å². The molecular weight excluding hydrogens is 1580 g/mol. The number of alkyl halides is 2. The lowest BCUT2D eigenvalue weighted by molar-refractivity contribution is -0.385. The van der Waals surface area contributed by atoms with E-state index in [9.17, 15) is 86.2 Å². The summed E-state index contributed by atoms with van der Waals surface area (Å²) in [5.41, 5.74) is 12.1. The molecule has 0 radical (unpaired) electrons. The number of nitro benzene ring substituents is 3. The van der Waals surface area contributed by atoms with Crippen LogP contribution in [0.4, 0.5) is 44.7 Å².